The zero-order chi connectivity index (χ0) is 15.6. The van der Waals surface area contributed by atoms with Crippen molar-refractivity contribution in [2.75, 3.05) is 5.32 Å². The van der Waals surface area contributed by atoms with Gasteiger partial charge in [-0.3, -0.25) is 9.59 Å². The average molecular weight is 302 g/mol. The SMILES string of the molecule is CC1CCCC(C(=O)Nc2cc(C(F)(F)F)c[nH]c2=O)C1. The van der Waals surface area contributed by atoms with Crippen LogP contribution in [0.2, 0.25) is 0 Å². The van der Waals surface area contributed by atoms with Crippen molar-refractivity contribution in [1.29, 1.82) is 0 Å². The van der Waals surface area contributed by atoms with Crippen LogP contribution in [0.15, 0.2) is 17.1 Å². The lowest BCUT2D eigenvalue weighted by molar-refractivity contribution is -0.137. The highest BCUT2D eigenvalue weighted by Gasteiger charge is 2.32. The van der Waals surface area contributed by atoms with Crippen LogP contribution in [0, 0.1) is 11.8 Å². The smallest absolute Gasteiger partial charge is 0.327 e. The average Bonchev–Trinajstić information content (AvgIpc) is 2.40. The van der Waals surface area contributed by atoms with Gasteiger partial charge in [0.1, 0.15) is 5.69 Å². The van der Waals surface area contributed by atoms with Crippen molar-refractivity contribution >= 4 is 11.6 Å². The van der Waals surface area contributed by atoms with Gasteiger partial charge in [0, 0.05) is 12.1 Å². The molecule has 2 atom stereocenters. The van der Waals surface area contributed by atoms with E-state index in [1.807, 2.05) is 11.9 Å². The van der Waals surface area contributed by atoms with E-state index in [-0.39, 0.29) is 17.5 Å². The number of aromatic amines is 1. The molecule has 1 amide bonds. The van der Waals surface area contributed by atoms with E-state index in [4.69, 9.17) is 0 Å². The van der Waals surface area contributed by atoms with Crippen molar-refractivity contribution in [2.24, 2.45) is 11.8 Å². The quantitative estimate of drug-likeness (QED) is 0.881. The Balaban J connectivity index is 2.15. The minimum Gasteiger partial charge on any atom is -0.327 e. The molecular weight excluding hydrogens is 285 g/mol. The summed E-state index contributed by atoms with van der Waals surface area (Å²) in [5, 5.41) is 2.33. The lowest BCUT2D eigenvalue weighted by Crippen LogP contribution is -2.30. The Morgan fingerprint density at radius 2 is 2.10 bits per heavy atom. The Morgan fingerprint density at radius 3 is 2.71 bits per heavy atom. The summed E-state index contributed by atoms with van der Waals surface area (Å²) in [6.45, 7) is 2.04. The third-order valence-corrected chi connectivity index (χ3v) is 3.80. The van der Waals surface area contributed by atoms with Gasteiger partial charge in [0.2, 0.25) is 5.91 Å². The fourth-order valence-electron chi connectivity index (χ4n) is 2.65. The first-order chi connectivity index (χ1) is 9.77. The predicted octanol–water partition coefficient (Wildman–Crippen LogP) is 3.16. The molecule has 1 heterocycles. The van der Waals surface area contributed by atoms with Crippen LogP contribution in [0.4, 0.5) is 18.9 Å². The first-order valence-corrected chi connectivity index (χ1v) is 6.88. The Labute approximate surface area is 119 Å². The summed E-state index contributed by atoms with van der Waals surface area (Å²) in [5.74, 6) is -0.219. The molecule has 4 nitrogen and oxygen atoms in total. The van der Waals surface area contributed by atoms with Crippen LogP contribution in [0.3, 0.4) is 0 Å². The van der Waals surface area contributed by atoms with Gasteiger partial charge in [-0.15, -0.1) is 0 Å². The van der Waals surface area contributed by atoms with Crippen LogP contribution in [-0.4, -0.2) is 10.9 Å². The number of H-pyrrole nitrogens is 1. The van der Waals surface area contributed by atoms with Crippen LogP contribution < -0.4 is 10.9 Å². The van der Waals surface area contributed by atoms with Crippen molar-refractivity contribution in [1.82, 2.24) is 4.98 Å². The highest BCUT2D eigenvalue weighted by atomic mass is 19.4. The summed E-state index contributed by atoms with van der Waals surface area (Å²) in [4.78, 5) is 25.6. The minimum atomic E-state index is -4.57. The second kappa shape index (κ2) is 5.91. The number of hydrogen-bond donors (Lipinski definition) is 2. The van der Waals surface area contributed by atoms with Crippen molar-refractivity contribution < 1.29 is 18.0 Å². The molecule has 0 spiro atoms. The maximum atomic E-state index is 12.6. The summed E-state index contributed by atoms with van der Waals surface area (Å²) < 4.78 is 37.8. The van der Waals surface area contributed by atoms with Gasteiger partial charge in [-0.2, -0.15) is 13.2 Å². The van der Waals surface area contributed by atoms with Crippen molar-refractivity contribution in [2.45, 2.75) is 38.8 Å². The molecule has 0 aromatic carbocycles. The fourth-order valence-corrected chi connectivity index (χ4v) is 2.65. The molecule has 0 aliphatic heterocycles. The largest absolute Gasteiger partial charge is 0.417 e. The number of pyridine rings is 1. The second-order valence-corrected chi connectivity index (χ2v) is 5.59. The Kier molecular flexibility index (Phi) is 4.39. The number of hydrogen-bond acceptors (Lipinski definition) is 2. The number of carbonyl (C=O) groups is 1. The Bertz CT molecular complexity index is 580. The summed E-state index contributed by atoms with van der Waals surface area (Å²) in [7, 11) is 0. The van der Waals surface area contributed by atoms with Gasteiger partial charge >= 0.3 is 6.18 Å². The molecule has 0 bridgehead atoms. The van der Waals surface area contributed by atoms with Gasteiger partial charge in [-0.25, -0.2) is 0 Å². The molecule has 21 heavy (non-hydrogen) atoms. The zero-order valence-corrected chi connectivity index (χ0v) is 11.6. The molecule has 0 saturated heterocycles. The molecule has 2 N–H and O–H groups in total. The van der Waals surface area contributed by atoms with Gasteiger partial charge < -0.3 is 10.3 Å². The lowest BCUT2D eigenvalue weighted by atomic mass is 9.82. The molecule has 1 saturated carbocycles. The number of alkyl halides is 3. The lowest BCUT2D eigenvalue weighted by Gasteiger charge is -2.25. The number of carbonyl (C=O) groups excluding carboxylic acids is 1. The van der Waals surface area contributed by atoms with E-state index in [0.717, 1.165) is 12.8 Å². The molecule has 1 aliphatic rings. The highest BCUT2D eigenvalue weighted by molar-refractivity contribution is 5.92. The van der Waals surface area contributed by atoms with Gasteiger partial charge in [0.15, 0.2) is 0 Å². The van der Waals surface area contributed by atoms with Crippen LogP contribution >= 0.6 is 0 Å². The van der Waals surface area contributed by atoms with E-state index in [9.17, 15) is 22.8 Å². The number of amides is 1. The molecule has 7 heteroatoms. The second-order valence-electron chi connectivity index (χ2n) is 5.59. The molecule has 1 aromatic heterocycles. The fraction of sp³-hybridized carbons (Fsp3) is 0.571. The molecule has 116 valence electrons. The van der Waals surface area contributed by atoms with Crippen LogP contribution in [-0.2, 0) is 11.0 Å². The normalized spacial score (nSPS) is 22.9. The number of anilines is 1. The van der Waals surface area contributed by atoms with Crippen molar-refractivity contribution in [3.63, 3.8) is 0 Å². The van der Waals surface area contributed by atoms with Crippen LogP contribution in [0.25, 0.3) is 0 Å². The summed E-state index contributed by atoms with van der Waals surface area (Å²) in [6, 6.07) is 0.670. The summed E-state index contributed by atoms with van der Waals surface area (Å²) in [5.41, 5.74) is -2.08. The third kappa shape index (κ3) is 3.86. The van der Waals surface area contributed by atoms with Crippen molar-refractivity contribution in [3.05, 3.63) is 28.2 Å². The van der Waals surface area contributed by atoms with Gasteiger partial charge in [0.05, 0.1) is 5.56 Å². The molecule has 0 radical (unpaired) electrons. The van der Waals surface area contributed by atoms with E-state index in [1.165, 1.54) is 0 Å². The Morgan fingerprint density at radius 1 is 1.38 bits per heavy atom. The molecular formula is C14H17F3N2O2. The molecule has 2 rings (SSSR count). The third-order valence-electron chi connectivity index (χ3n) is 3.80. The first kappa shape index (κ1) is 15.6. The maximum absolute atomic E-state index is 12.6. The van der Waals surface area contributed by atoms with Gasteiger partial charge in [-0.1, -0.05) is 19.8 Å². The summed E-state index contributed by atoms with van der Waals surface area (Å²) in [6.07, 6.45) is -0.606. The van der Waals surface area contributed by atoms with Crippen molar-refractivity contribution in [3.8, 4) is 0 Å². The van der Waals surface area contributed by atoms with Gasteiger partial charge in [-0.05, 0) is 24.8 Å². The van der Waals surface area contributed by atoms with E-state index in [0.29, 0.717) is 31.0 Å². The van der Waals surface area contributed by atoms with Crippen LogP contribution in [0.1, 0.15) is 38.2 Å². The molecule has 1 aromatic rings. The number of rotatable bonds is 2. The van der Waals surface area contributed by atoms with Gasteiger partial charge in [0.25, 0.3) is 5.56 Å². The molecule has 1 aliphatic carbocycles. The van der Waals surface area contributed by atoms with E-state index in [2.05, 4.69) is 5.32 Å². The minimum absolute atomic E-state index is 0.248. The number of nitrogens with one attached hydrogen (secondary N) is 2. The molecule has 1 fully saturated rings. The van der Waals surface area contributed by atoms with Crippen LogP contribution in [0.5, 0.6) is 0 Å². The summed E-state index contributed by atoms with van der Waals surface area (Å²) >= 11 is 0. The van der Waals surface area contributed by atoms with E-state index < -0.39 is 17.3 Å². The highest BCUT2D eigenvalue weighted by Crippen LogP contribution is 2.31. The molecule has 2 unspecified atom stereocenters. The number of halogens is 3. The maximum Gasteiger partial charge on any atom is 0.417 e. The predicted molar refractivity (Wildman–Crippen MR) is 71.8 cm³/mol. The monoisotopic (exact) mass is 302 g/mol. The Hall–Kier alpha value is -1.79. The zero-order valence-electron chi connectivity index (χ0n) is 11.6. The first-order valence-electron chi connectivity index (χ1n) is 6.88. The topological polar surface area (TPSA) is 62.0 Å². The number of aromatic nitrogens is 1. The van der Waals surface area contributed by atoms with E-state index >= 15 is 0 Å². The van der Waals surface area contributed by atoms with E-state index in [1.54, 1.807) is 0 Å². The standard InChI is InChI=1S/C14H17F3N2O2/c1-8-3-2-4-9(5-8)12(20)19-11-6-10(14(15,16)17)7-18-13(11)21/h6-9H,2-5H2,1H3,(H,18,21)(H,19,20).